The Labute approximate surface area is 209 Å². The number of rotatable bonds is 8. The molecule has 4 rings (SSSR count). The number of carbonyl (C=O) groups excluding carboxylic acids is 4. The number of benzene rings is 2. The van der Waals surface area contributed by atoms with Crippen molar-refractivity contribution in [3.8, 4) is 0 Å². The van der Waals surface area contributed by atoms with Crippen molar-refractivity contribution < 1.29 is 23.9 Å². The number of hydrogen-bond acceptors (Lipinski definition) is 8. The molecule has 0 unspecified atom stereocenters. The molecule has 1 aliphatic heterocycles. The second kappa shape index (κ2) is 10.5. The smallest absolute Gasteiger partial charge is 0.338 e. The molecule has 0 aliphatic carbocycles. The van der Waals surface area contributed by atoms with E-state index in [0.717, 1.165) is 4.90 Å². The Morgan fingerprint density at radius 3 is 2.54 bits per heavy atom. The number of aromatic nitrogens is 1. The average Bonchev–Trinajstić information content (AvgIpc) is 3.45. The zero-order chi connectivity index (χ0) is 24.9. The number of amides is 3. The third-order valence-electron chi connectivity index (χ3n) is 4.87. The SMILES string of the molecule is CCCOC(=O)c1ccc(N2C(=O)C(Cl)=C(Nc3cccc(C(=O)Nc4nccs4)c3)C2=O)cc1. The van der Waals surface area contributed by atoms with E-state index >= 15 is 0 Å². The maximum atomic E-state index is 13.0. The third-order valence-corrected chi connectivity index (χ3v) is 5.91. The Balaban J connectivity index is 1.49. The van der Waals surface area contributed by atoms with Crippen LogP contribution in [0.2, 0.25) is 0 Å². The van der Waals surface area contributed by atoms with Crippen LogP contribution >= 0.6 is 22.9 Å². The molecule has 0 saturated heterocycles. The highest BCUT2D eigenvalue weighted by Gasteiger charge is 2.39. The molecule has 11 heteroatoms. The molecule has 0 radical (unpaired) electrons. The highest BCUT2D eigenvalue weighted by atomic mass is 35.5. The standard InChI is InChI=1S/C24H19ClN4O5S/c1-2-11-34-23(33)14-6-8-17(9-7-14)29-21(31)18(25)19(22(29)32)27-16-5-3-4-15(13-16)20(30)28-24-26-10-12-35-24/h3-10,12-13,27H,2,11H2,1H3,(H,26,28,30). The van der Waals surface area contributed by atoms with Gasteiger partial charge in [0.25, 0.3) is 17.7 Å². The number of anilines is 3. The summed E-state index contributed by atoms with van der Waals surface area (Å²) in [6, 6.07) is 12.3. The second-order valence-electron chi connectivity index (χ2n) is 7.31. The molecule has 0 saturated carbocycles. The molecule has 3 aromatic rings. The van der Waals surface area contributed by atoms with Crippen molar-refractivity contribution in [1.82, 2.24) is 4.98 Å². The lowest BCUT2D eigenvalue weighted by atomic mass is 10.2. The van der Waals surface area contributed by atoms with Crippen LogP contribution in [0.4, 0.5) is 16.5 Å². The average molecular weight is 511 g/mol. The first-order valence-electron chi connectivity index (χ1n) is 10.5. The summed E-state index contributed by atoms with van der Waals surface area (Å²) in [4.78, 5) is 55.2. The van der Waals surface area contributed by atoms with Crippen molar-refractivity contribution in [2.24, 2.45) is 0 Å². The van der Waals surface area contributed by atoms with Crippen molar-refractivity contribution in [2.45, 2.75) is 13.3 Å². The molecule has 0 fully saturated rings. The van der Waals surface area contributed by atoms with Crippen LogP contribution < -0.4 is 15.5 Å². The van der Waals surface area contributed by atoms with Crippen LogP contribution in [0.3, 0.4) is 0 Å². The summed E-state index contributed by atoms with van der Waals surface area (Å²) in [5, 5.41) is 7.42. The van der Waals surface area contributed by atoms with Gasteiger partial charge < -0.3 is 10.1 Å². The number of ether oxygens (including phenoxy) is 1. The van der Waals surface area contributed by atoms with Gasteiger partial charge >= 0.3 is 5.97 Å². The lowest BCUT2D eigenvalue weighted by Gasteiger charge is -2.15. The first-order chi connectivity index (χ1) is 16.9. The van der Waals surface area contributed by atoms with E-state index in [1.807, 2.05) is 6.92 Å². The molecule has 2 heterocycles. The molecular weight excluding hydrogens is 492 g/mol. The van der Waals surface area contributed by atoms with E-state index in [9.17, 15) is 19.2 Å². The Morgan fingerprint density at radius 1 is 1.09 bits per heavy atom. The number of imide groups is 1. The molecular formula is C24H19ClN4O5S. The van der Waals surface area contributed by atoms with Crippen molar-refractivity contribution in [3.63, 3.8) is 0 Å². The van der Waals surface area contributed by atoms with E-state index in [0.29, 0.717) is 35.0 Å². The number of nitrogens with one attached hydrogen (secondary N) is 2. The van der Waals surface area contributed by atoms with E-state index in [1.54, 1.807) is 29.8 Å². The van der Waals surface area contributed by atoms with Crippen LogP contribution in [0, 0.1) is 0 Å². The Hall–Kier alpha value is -4.02. The van der Waals surface area contributed by atoms with Gasteiger partial charge in [-0.15, -0.1) is 11.3 Å². The van der Waals surface area contributed by atoms with Crippen molar-refractivity contribution in [3.05, 3.63) is 82.0 Å². The van der Waals surface area contributed by atoms with E-state index in [2.05, 4.69) is 15.6 Å². The zero-order valence-electron chi connectivity index (χ0n) is 18.4. The molecule has 0 spiro atoms. The number of thiazole rings is 1. The Kier molecular flexibility index (Phi) is 7.23. The van der Waals surface area contributed by atoms with Gasteiger partial charge in [0.05, 0.1) is 17.9 Å². The largest absolute Gasteiger partial charge is 0.462 e. The molecule has 3 amide bonds. The van der Waals surface area contributed by atoms with E-state index in [4.69, 9.17) is 16.3 Å². The monoisotopic (exact) mass is 510 g/mol. The lowest BCUT2D eigenvalue weighted by molar-refractivity contribution is -0.120. The molecule has 35 heavy (non-hydrogen) atoms. The molecule has 1 aliphatic rings. The predicted octanol–water partition coefficient (Wildman–Crippen LogP) is 4.40. The van der Waals surface area contributed by atoms with Gasteiger partial charge in [0.1, 0.15) is 10.7 Å². The summed E-state index contributed by atoms with van der Waals surface area (Å²) in [7, 11) is 0. The zero-order valence-corrected chi connectivity index (χ0v) is 20.0. The van der Waals surface area contributed by atoms with Crippen LogP contribution in [0.1, 0.15) is 34.1 Å². The minimum Gasteiger partial charge on any atom is -0.462 e. The van der Waals surface area contributed by atoms with E-state index < -0.39 is 17.8 Å². The number of hydrogen-bond donors (Lipinski definition) is 2. The van der Waals surface area contributed by atoms with Gasteiger partial charge in [0.15, 0.2) is 5.13 Å². The Morgan fingerprint density at radius 2 is 1.86 bits per heavy atom. The highest BCUT2D eigenvalue weighted by molar-refractivity contribution is 7.13. The van der Waals surface area contributed by atoms with Crippen LogP contribution in [0.5, 0.6) is 0 Å². The summed E-state index contributed by atoms with van der Waals surface area (Å²) in [5.74, 6) is -2.25. The summed E-state index contributed by atoms with van der Waals surface area (Å²) in [6.07, 6.45) is 2.27. The number of halogens is 1. The fourth-order valence-electron chi connectivity index (χ4n) is 3.21. The fourth-order valence-corrected chi connectivity index (χ4v) is 3.94. The maximum Gasteiger partial charge on any atom is 0.338 e. The highest BCUT2D eigenvalue weighted by Crippen LogP contribution is 2.30. The second-order valence-corrected chi connectivity index (χ2v) is 8.59. The number of esters is 1. The fraction of sp³-hybridized carbons (Fsp3) is 0.125. The van der Waals surface area contributed by atoms with Crippen LogP contribution in [0.25, 0.3) is 0 Å². The van der Waals surface area contributed by atoms with Crippen LogP contribution in [-0.4, -0.2) is 35.3 Å². The molecule has 0 atom stereocenters. The molecule has 178 valence electrons. The summed E-state index contributed by atoms with van der Waals surface area (Å²) in [6.45, 7) is 2.18. The van der Waals surface area contributed by atoms with Gasteiger partial charge in [0, 0.05) is 22.8 Å². The maximum absolute atomic E-state index is 13.0. The van der Waals surface area contributed by atoms with Gasteiger partial charge in [0.2, 0.25) is 0 Å². The van der Waals surface area contributed by atoms with Gasteiger partial charge in [-0.2, -0.15) is 0 Å². The molecule has 2 aromatic carbocycles. The number of nitrogens with zero attached hydrogens (tertiary/aromatic N) is 2. The van der Waals surface area contributed by atoms with E-state index in [1.165, 1.54) is 41.7 Å². The summed E-state index contributed by atoms with van der Waals surface area (Å²) < 4.78 is 5.08. The first-order valence-corrected chi connectivity index (χ1v) is 11.8. The van der Waals surface area contributed by atoms with E-state index in [-0.39, 0.29) is 22.3 Å². The quantitative estimate of drug-likeness (QED) is 0.340. The predicted molar refractivity (Wildman–Crippen MR) is 133 cm³/mol. The summed E-state index contributed by atoms with van der Waals surface area (Å²) in [5.41, 5.74) is 1.13. The topological polar surface area (TPSA) is 118 Å². The third kappa shape index (κ3) is 5.23. The van der Waals surface area contributed by atoms with Crippen molar-refractivity contribution >= 4 is 63.1 Å². The minimum atomic E-state index is -0.710. The Bertz CT molecular complexity index is 1320. The normalized spacial score (nSPS) is 13.3. The molecule has 2 N–H and O–H groups in total. The molecule has 1 aromatic heterocycles. The lowest BCUT2D eigenvalue weighted by Crippen LogP contribution is -2.32. The van der Waals surface area contributed by atoms with Gasteiger partial charge in [-0.3, -0.25) is 19.7 Å². The summed E-state index contributed by atoms with van der Waals surface area (Å²) >= 11 is 7.48. The molecule has 0 bridgehead atoms. The van der Waals surface area contributed by atoms with Crippen molar-refractivity contribution in [1.29, 1.82) is 0 Å². The van der Waals surface area contributed by atoms with Crippen molar-refractivity contribution in [2.75, 3.05) is 22.1 Å². The van der Waals surface area contributed by atoms with Gasteiger partial charge in [-0.1, -0.05) is 24.6 Å². The first kappa shape index (κ1) is 24.1. The number of carbonyl (C=O) groups is 4. The van der Waals surface area contributed by atoms with Crippen LogP contribution in [-0.2, 0) is 14.3 Å². The minimum absolute atomic E-state index is 0.124. The molecule has 9 nitrogen and oxygen atoms in total. The van der Waals surface area contributed by atoms with Gasteiger partial charge in [-0.05, 0) is 48.9 Å². The van der Waals surface area contributed by atoms with Crippen LogP contribution in [0.15, 0.2) is 70.8 Å². The van der Waals surface area contributed by atoms with Gasteiger partial charge in [-0.25, -0.2) is 14.7 Å².